The normalized spacial score (nSPS) is 29.5. The fourth-order valence-electron chi connectivity index (χ4n) is 2.62. The fourth-order valence-corrected chi connectivity index (χ4v) is 2.62. The zero-order valence-corrected chi connectivity index (χ0v) is 11.8. The molecule has 0 spiro atoms. The second-order valence-corrected chi connectivity index (χ2v) is 6.16. The maximum atomic E-state index is 9.58. The van der Waals surface area contributed by atoms with E-state index in [2.05, 4.69) is 33.0 Å². The summed E-state index contributed by atoms with van der Waals surface area (Å²) in [5.74, 6) is 0.702. The first-order valence-corrected chi connectivity index (χ1v) is 6.97. The van der Waals surface area contributed by atoms with Gasteiger partial charge in [-0.3, -0.25) is 0 Å². The van der Waals surface area contributed by atoms with Crippen molar-refractivity contribution in [3.05, 3.63) is 0 Å². The van der Waals surface area contributed by atoms with Gasteiger partial charge in [0.1, 0.15) is 0 Å². The van der Waals surface area contributed by atoms with Gasteiger partial charge in [-0.25, -0.2) is 0 Å². The van der Waals surface area contributed by atoms with Crippen LogP contribution in [0.25, 0.3) is 0 Å². The Bertz CT molecular complexity index is 218. The quantitative estimate of drug-likeness (QED) is 0.721. The second kappa shape index (κ2) is 6.72. The highest BCUT2D eigenvalue weighted by Crippen LogP contribution is 2.32. The Morgan fingerprint density at radius 3 is 2.59 bits per heavy atom. The molecule has 0 aromatic heterocycles. The highest BCUT2D eigenvalue weighted by atomic mass is 16.5. The Morgan fingerprint density at radius 1 is 1.35 bits per heavy atom. The lowest BCUT2D eigenvalue weighted by atomic mass is 9.97. The molecular weight excluding hydrogens is 214 g/mol. The van der Waals surface area contributed by atoms with E-state index in [9.17, 15) is 5.11 Å². The fraction of sp³-hybridized carbons (Fsp3) is 1.00. The molecule has 1 aliphatic rings. The van der Waals surface area contributed by atoms with Gasteiger partial charge in [-0.15, -0.1) is 0 Å². The van der Waals surface area contributed by atoms with Crippen LogP contribution < -0.4 is 5.32 Å². The van der Waals surface area contributed by atoms with Crippen molar-refractivity contribution in [2.75, 3.05) is 13.2 Å². The van der Waals surface area contributed by atoms with Gasteiger partial charge in [0.15, 0.2) is 0 Å². The lowest BCUT2D eigenvalue weighted by Crippen LogP contribution is -2.50. The van der Waals surface area contributed by atoms with E-state index in [0.29, 0.717) is 18.1 Å². The van der Waals surface area contributed by atoms with E-state index in [0.717, 1.165) is 32.3 Å². The van der Waals surface area contributed by atoms with Crippen molar-refractivity contribution in [2.24, 2.45) is 5.92 Å². The van der Waals surface area contributed by atoms with Gasteiger partial charge < -0.3 is 15.2 Å². The van der Waals surface area contributed by atoms with E-state index < -0.39 is 0 Å². The van der Waals surface area contributed by atoms with Crippen LogP contribution >= 0.6 is 0 Å². The Hall–Kier alpha value is -0.120. The largest absolute Gasteiger partial charge is 0.394 e. The highest BCUT2D eigenvalue weighted by molar-refractivity contribution is 4.97. The standard InChI is InChI=1S/C14H29NO2/c1-11(2)6-8-17-13-5-7-14(9-13,10-16)15-12(3)4/h11-13,15-16H,5-10H2,1-4H3. The zero-order chi connectivity index (χ0) is 12.9. The van der Waals surface area contributed by atoms with E-state index in [-0.39, 0.29) is 12.1 Å². The molecule has 1 fully saturated rings. The molecule has 2 atom stereocenters. The molecular formula is C14H29NO2. The van der Waals surface area contributed by atoms with Crippen molar-refractivity contribution in [1.82, 2.24) is 5.32 Å². The number of rotatable bonds is 7. The smallest absolute Gasteiger partial charge is 0.0614 e. The molecule has 102 valence electrons. The Kier molecular flexibility index (Phi) is 5.90. The van der Waals surface area contributed by atoms with Crippen LogP contribution in [0.3, 0.4) is 0 Å². The molecule has 2 unspecified atom stereocenters. The number of hydrogen-bond donors (Lipinski definition) is 2. The van der Waals surface area contributed by atoms with Crippen molar-refractivity contribution in [1.29, 1.82) is 0 Å². The molecule has 0 aromatic carbocycles. The van der Waals surface area contributed by atoms with Gasteiger partial charge in [0.25, 0.3) is 0 Å². The summed E-state index contributed by atoms with van der Waals surface area (Å²) in [7, 11) is 0. The van der Waals surface area contributed by atoms with Gasteiger partial charge in [0, 0.05) is 18.2 Å². The number of nitrogens with one attached hydrogen (secondary N) is 1. The van der Waals surface area contributed by atoms with Crippen LogP contribution in [0.2, 0.25) is 0 Å². The Labute approximate surface area is 106 Å². The van der Waals surface area contributed by atoms with Crippen LogP contribution in [-0.2, 0) is 4.74 Å². The SMILES string of the molecule is CC(C)CCOC1CCC(CO)(NC(C)C)C1. The summed E-state index contributed by atoms with van der Waals surface area (Å²) in [5.41, 5.74) is -0.101. The number of ether oxygens (including phenoxy) is 1. The van der Waals surface area contributed by atoms with Crippen molar-refractivity contribution < 1.29 is 9.84 Å². The molecule has 17 heavy (non-hydrogen) atoms. The first-order chi connectivity index (χ1) is 7.97. The van der Waals surface area contributed by atoms with Crippen LogP contribution in [0.5, 0.6) is 0 Å². The van der Waals surface area contributed by atoms with E-state index in [1.54, 1.807) is 0 Å². The summed E-state index contributed by atoms with van der Waals surface area (Å²) in [6.45, 7) is 9.77. The average Bonchev–Trinajstić information content (AvgIpc) is 2.61. The van der Waals surface area contributed by atoms with Gasteiger partial charge in [0.05, 0.1) is 12.7 Å². The molecule has 3 heteroatoms. The van der Waals surface area contributed by atoms with Crippen LogP contribution in [0.4, 0.5) is 0 Å². The minimum Gasteiger partial charge on any atom is -0.394 e. The maximum absolute atomic E-state index is 9.58. The minimum atomic E-state index is -0.101. The Morgan fingerprint density at radius 2 is 2.06 bits per heavy atom. The average molecular weight is 243 g/mol. The lowest BCUT2D eigenvalue weighted by Gasteiger charge is -2.31. The van der Waals surface area contributed by atoms with Gasteiger partial charge >= 0.3 is 0 Å². The predicted octanol–water partition coefficient (Wildman–Crippen LogP) is 2.33. The first-order valence-electron chi connectivity index (χ1n) is 6.97. The molecule has 0 bridgehead atoms. The first kappa shape index (κ1) is 14.9. The van der Waals surface area contributed by atoms with Crippen molar-refractivity contribution >= 4 is 0 Å². The van der Waals surface area contributed by atoms with Crippen molar-refractivity contribution in [2.45, 2.75) is 71.1 Å². The zero-order valence-electron chi connectivity index (χ0n) is 11.8. The summed E-state index contributed by atoms with van der Waals surface area (Å²) in [6, 6.07) is 0.413. The number of aliphatic hydroxyl groups excluding tert-OH is 1. The summed E-state index contributed by atoms with van der Waals surface area (Å²) in [5, 5.41) is 13.1. The maximum Gasteiger partial charge on any atom is 0.0614 e. The van der Waals surface area contributed by atoms with E-state index >= 15 is 0 Å². The number of aliphatic hydroxyl groups is 1. The summed E-state index contributed by atoms with van der Waals surface area (Å²) < 4.78 is 5.90. The molecule has 1 saturated carbocycles. The molecule has 0 aliphatic heterocycles. The summed E-state index contributed by atoms with van der Waals surface area (Å²) in [6.07, 6.45) is 4.49. The third-order valence-corrected chi connectivity index (χ3v) is 3.51. The third-order valence-electron chi connectivity index (χ3n) is 3.51. The molecule has 2 N–H and O–H groups in total. The van der Waals surface area contributed by atoms with E-state index in [4.69, 9.17) is 4.74 Å². The molecule has 0 aromatic rings. The van der Waals surface area contributed by atoms with E-state index in [1.807, 2.05) is 0 Å². The molecule has 0 heterocycles. The van der Waals surface area contributed by atoms with E-state index in [1.165, 1.54) is 0 Å². The highest BCUT2D eigenvalue weighted by Gasteiger charge is 2.39. The van der Waals surface area contributed by atoms with Gasteiger partial charge in [0.2, 0.25) is 0 Å². The van der Waals surface area contributed by atoms with Crippen LogP contribution in [-0.4, -0.2) is 36.0 Å². The van der Waals surface area contributed by atoms with Gasteiger partial charge in [-0.2, -0.15) is 0 Å². The monoisotopic (exact) mass is 243 g/mol. The number of hydrogen-bond acceptors (Lipinski definition) is 3. The summed E-state index contributed by atoms with van der Waals surface area (Å²) >= 11 is 0. The lowest BCUT2D eigenvalue weighted by molar-refractivity contribution is 0.0399. The third kappa shape index (κ3) is 4.94. The Balaban J connectivity index is 2.33. The predicted molar refractivity (Wildman–Crippen MR) is 71.1 cm³/mol. The molecule has 3 nitrogen and oxygen atoms in total. The van der Waals surface area contributed by atoms with Crippen molar-refractivity contribution in [3.8, 4) is 0 Å². The molecule has 1 rings (SSSR count). The van der Waals surface area contributed by atoms with Crippen LogP contribution in [0.15, 0.2) is 0 Å². The van der Waals surface area contributed by atoms with Gasteiger partial charge in [-0.1, -0.05) is 27.7 Å². The second-order valence-electron chi connectivity index (χ2n) is 6.16. The molecule has 1 aliphatic carbocycles. The topological polar surface area (TPSA) is 41.5 Å². The van der Waals surface area contributed by atoms with Crippen molar-refractivity contribution in [3.63, 3.8) is 0 Å². The summed E-state index contributed by atoms with van der Waals surface area (Å²) in [4.78, 5) is 0. The molecule has 0 saturated heterocycles. The molecule has 0 radical (unpaired) electrons. The molecule has 0 amide bonds. The van der Waals surface area contributed by atoms with Crippen LogP contribution in [0, 0.1) is 5.92 Å². The van der Waals surface area contributed by atoms with Crippen LogP contribution in [0.1, 0.15) is 53.4 Å². The van der Waals surface area contributed by atoms with Gasteiger partial charge in [-0.05, 0) is 31.6 Å². The minimum absolute atomic E-state index is 0.101.